The molecule has 8 nitrogen and oxygen atoms in total. The van der Waals surface area contributed by atoms with Gasteiger partial charge in [0.05, 0.1) is 10.6 Å². The molecule has 0 unspecified atom stereocenters. The number of amides is 1. The van der Waals surface area contributed by atoms with Gasteiger partial charge in [-0.25, -0.2) is 21.6 Å². The summed E-state index contributed by atoms with van der Waals surface area (Å²) in [5, 5.41) is 0.423. The maximum Gasteiger partial charge on any atom is 0.268 e. The molecule has 2 aromatic heterocycles. The summed E-state index contributed by atoms with van der Waals surface area (Å²) in [7, 11) is -2.08. The lowest BCUT2D eigenvalue weighted by atomic mass is 10.0. The van der Waals surface area contributed by atoms with Crippen LogP contribution in [0.5, 0.6) is 11.5 Å². The summed E-state index contributed by atoms with van der Waals surface area (Å²) in [5.74, 6) is -3.12. The lowest BCUT2D eigenvalue weighted by molar-refractivity contribution is -0.0493. The number of fused-ring (bicyclic) bond motifs is 1. The SMILES string of the molecule is CCS(=O)(=O)Nc1ccc(Oc2c(C)cc(F)cc2C)c(-c2cn(C)c(=O)c3sc(C(=O)N4CCC(F)(F)CC4)cc23)c1. The average molecular weight is 634 g/mol. The van der Waals surface area contributed by atoms with Gasteiger partial charge in [0.1, 0.15) is 22.0 Å². The number of carbonyl (C=O) groups is 1. The second-order valence-corrected chi connectivity index (χ2v) is 13.7. The van der Waals surface area contributed by atoms with E-state index in [2.05, 4.69) is 4.72 Å². The van der Waals surface area contributed by atoms with E-state index in [1.54, 1.807) is 45.3 Å². The molecular formula is C30H30F3N3O5S2. The zero-order valence-electron chi connectivity index (χ0n) is 24.0. The van der Waals surface area contributed by atoms with E-state index in [9.17, 15) is 31.2 Å². The van der Waals surface area contributed by atoms with Gasteiger partial charge in [-0.2, -0.15) is 0 Å². The van der Waals surface area contributed by atoms with Crippen molar-refractivity contribution in [1.82, 2.24) is 9.47 Å². The molecule has 13 heteroatoms. The van der Waals surface area contributed by atoms with Crippen LogP contribution in [0.1, 0.15) is 40.6 Å². The second kappa shape index (κ2) is 11.3. The fourth-order valence-corrected chi connectivity index (χ4v) is 6.81. The molecule has 43 heavy (non-hydrogen) atoms. The number of piperidine rings is 1. The molecule has 2 aromatic carbocycles. The normalized spacial score (nSPS) is 15.1. The third-order valence-electron chi connectivity index (χ3n) is 7.41. The van der Waals surface area contributed by atoms with Gasteiger partial charge in [0, 0.05) is 61.4 Å². The Morgan fingerprint density at radius 3 is 2.35 bits per heavy atom. The van der Waals surface area contributed by atoms with Gasteiger partial charge < -0.3 is 14.2 Å². The molecule has 5 rings (SSSR count). The molecule has 0 saturated carbocycles. The highest BCUT2D eigenvalue weighted by molar-refractivity contribution is 7.92. The fourth-order valence-electron chi connectivity index (χ4n) is 5.06. The van der Waals surface area contributed by atoms with Crippen molar-refractivity contribution < 1.29 is 31.1 Å². The summed E-state index contributed by atoms with van der Waals surface area (Å²) in [5.41, 5.74) is 1.86. The topological polar surface area (TPSA) is 97.7 Å². The van der Waals surface area contributed by atoms with Crippen molar-refractivity contribution in [3.8, 4) is 22.6 Å². The molecular weight excluding hydrogens is 603 g/mol. The lowest BCUT2D eigenvalue weighted by Gasteiger charge is -2.31. The number of ether oxygens (including phenoxy) is 1. The van der Waals surface area contributed by atoms with Crippen molar-refractivity contribution in [2.24, 2.45) is 7.05 Å². The molecule has 4 aromatic rings. The second-order valence-electron chi connectivity index (χ2n) is 10.6. The molecule has 1 aliphatic rings. The van der Waals surface area contributed by atoms with Crippen LogP contribution in [0, 0.1) is 19.7 Å². The molecule has 3 heterocycles. The highest BCUT2D eigenvalue weighted by Crippen LogP contribution is 2.42. The minimum atomic E-state index is -3.64. The van der Waals surface area contributed by atoms with Crippen molar-refractivity contribution in [3.05, 3.63) is 74.8 Å². The van der Waals surface area contributed by atoms with Gasteiger partial charge >= 0.3 is 0 Å². The predicted molar refractivity (Wildman–Crippen MR) is 162 cm³/mol. The minimum Gasteiger partial charge on any atom is -0.456 e. The van der Waals surface area contributed by atoms with Gasteiger partial charge in [-0.1, -0.05) is 0 Å². The number of aromatic nitrogens is 1. The summed E-state index contributed by atoms with van der Waals surface area (Å²) < 4.78 is 76.7. The zero-order chi connectivity index (χ0) is 31.3. The third kappa shape index (κ3) is 6.28. The molecule has 1 N–H and O–H groups in total. The van der Waals surface area contributed by atoms with Gasteiger partial charge in [0.15, 0.2) is 0 Å². The largest absolute Gasteiger partial charge is 0.456 e. The average Bonchev–Trinajstić information content (AvgIpc) is 3.39. The van der Waals surface area contributed by atoms with Gasteiger partial charge in [-0.15, -0.1) is 11.3 Å². The number of nitrogens with one attached hydrogen (secondary N) is 1. The van der Waals surface area contributed by atoms with E-state index >= 15 is 0 Å². The number of nitrogens with zero attached hydrogens (tertiary/aromatic N) is 2. The predicted octanol–water partition coefficient (Wildman–Crippen LogP) is 6.45. The number of halogens is 3. The Morgan fingerprint density at radius 2 is 1.72 bits per heavy atom. The first-order valence-corrected chi connectivity index (χ1v) is 16.0. The number of alkyl halides is 2. The molecule has 0 bridgehead atoms. The van der Waals surface area contributed by atoms with Crippen LogP contribution < -0.4 is 15.0 Å². The highest BCUT2D eigenvalue weighted by Gasteiger charge is 2.36. The summed E-state index contributed by atoms with van der Waals surface area (Å²) in [6.07, 6.45) is 0.706. The number of likely N-dealkylation sites (tertiary alicyclic amines) is 1. The Morgan fingerprint density at radius 1 is 1.07 bits per heavy atom. The monoisotopic (exact) mass is 633 g/mol. The van der Waals surface area contributed by atoms with Crippen molar-refractivity contribution in [2.45, 2.75) is 39.5 Å². The van der Waals surface area contributed by atoms with E-state index in [1.807, 2.05) is 0 Å². The van der Waals surface area contributed by atoms with Crippen LogP contribution in [0.15, 0.2) is 47.4 Å². The number of aryl methyl sites for hydroxylation is 3. The van der Waals surface area contributed by atoms with E-state index in [-0.39, 0.29) is 39.7 Å². The van der Waals surface area contributed by atoms with Gasteiger partial charge in [-0.05, 0) is 68.3 Å². The third-order valence-corrected chi connectivity index (χ3v) is 9.83. The number of anilines is 1. The van der Waals surface area contributed by atoms with Crippen LogP contribution in [0.4, 0.5) is 18.9 Å². The molecule has 0 aliphatic carbocycles. The number of hydrogen-bond acceptors (Lipinski definition) is 6. The highest BCUT2D eigenvalue weighted by atomic mass is 32.2. The smallest absolute Gasteiger partial charge is 0.268 e. The first-order valence-electron chi connectivity index (χ1n) is 13.6. The fraction of sp³-hybridized carbons (Fsp3) is 0.333. The summed E-state index contributed by atoms with van der Waals surface area (Å²) in [6, 6.07) is 8.92. The van der Waals surface area contributed by atoms with Crippen LogP contribution >= 0.6 is 11.3 Å². The number of thiophene rings is 1. The minimum absolute atomic E-state index is 0.0983. The number of carbonyl (C=O) groups excluding carboxylic acids is 1. The first-order chi connectivity index (χ1) is 20.2. The maximum atomic E-state index is 14.0. The zero-order valence-corrected chi connectivity index (χ0v) is 25.6. The van der Waals surface area contributed by atoms with E-state index in [0.29, 0.717) is 39.1 Å². The molecule has 0 radical (unpaired) electrons. The van der Waals surface area contributed by atoms with Crippen molar-refractivity contribution >= 4 is 43.0 Å². The van der Waals surface area contributed by atoms with E-state index in [4.69, 9.17) is 4.74 Å². The van der Waals surface area contributed by atoms with Gasteiger partial charge in [0.25, 0.3) is 17.4 Å². The number of pyridine rings is 1. The van der Waals surface area contributed by atoms with Crippen molar-refractivity contribution in [2.75, 3.05) is 23.6 Å². The molecule has 228 valence electrons. The molecule has 1 amide bonds. The number of hydrogen-bond donors (Lipinski definition) is 1. The molecule has 1 saturated heterocycles. The summed E-state index contributed by atoms with van der Waals surface area (Å²) in [6.45, 7) is 4.71. The van der Waals surface area contributed by atoms with Crippen LogP contribution in [-0.4, -0.2) is 48.6 Å². The number of benzene rings is 2. The molecule has 0 atom stereocenters. The quantitative estimate of drug-likeness (QED) is 0.252. The maximum absolute atomic E-state index is 14.0. The Kier molecular flexibility index (Phi) is 8.07. The Bertz CT molecular complexity index is 1890. The van der Waals surface area contributed by atoms with Crippen LogP contribution in [0.3, 0.4) is 0 Å². The van der Waals surface area contributed by atoms with Crippen LogP contribution in [0.25, 0.3) is 21.2 Å². The summed E-state index contributed by atoms with van der Waals surface area (Å²) in [4.78, 5) is 28.1. The van der Waals surface area contributed by atoms with Crippen LogP contribution in [0.2, 0.25) is 0 Å². The van der Waals surface area contributed by atoms with Crippen LogP contribution in [-0.2, 0) is 17.1 Å². The van der Waals surface area contributed by atoms with E-state index in [0.717, 1.165) is 11.3 Å². The lowest BCUT2D eigenvalue weighted by Crippen LogP contribution is -2.42. The van der Waals surface area contributed by atoms with E-state index in [1.165, 1.54) is 34.6 Å². The molecule has 1 fully saturated rings. The Balaban J connectivity index is 1.67. The number of rotatable bonds is 7. The summed E-state index contributed by atoms with van der Waals surface area (Å²) >= 11 is 0.977. The van der Waals surface area contributed by atoms with Crippen molar-refractivity contribution in [1.29, 1.82) is 0 Å². The first kappa shape index (κ1) is 30.6. The Labute approximate surface area is 250 Å². The van der Waals surface area contributed by atoms with E-state index < -0.39 is 40.5 Å². The van der Waals surface area contributed by atoms with Crippen molar-refractivity contribution in [3.63, 3.8) is 0 Å². The van der Waals surface area contributed by atoms with Gasteiger partial charge in [0.2, 0.25) is 10.0 Å². The molecule has 0 spiro atoms. The standard InChI is InChI=1S/C30H30F3N3O5S2/c1-5-43(39,40)34-20-6-7-24(41-26-17(2)12-19(31)13-18(26)3)21(14-20)23-16-35(4)29(38)27-22(23)15-25(42-27)28(37)36-10-8-30(32,33)9-11-36/h6-7,12-16,34H,5,8-11H2,1-4H3. The Hall–Kier alpha value is -3.84. The van der Waals surface area contributed by atoms with Gasteiger partial charge in [-0.3, -0.25) is 14.3 Å². The molecule has 1 aliphatic heterocycles. The number of sulfonamides is 1.